The molecule has 166 valence electrons. The van der Waals surface area contributed by atoms with Gasteiger partial charge in [0.15, 0.2) is 18.1 Å². The molecule has 0 amide bonds. The number of aryl methyl sites for hydroxylation is 1. The summed E-state index contributed by atoms with van der Waals surface area (Å²) in [6.07, 6.45) is 5.12. The van der Waals surface area contributed by atoms with Crippen LogP contribution < -0.4 is 4.74 Å². The Labute approximate surface area is 190 Å². The number of oxime groups is 1. The van der Waals surface area contributed by atoms with E-state index in [9.17, 15) is 0 Å². The first kappa shape index (κ1) is 20.6. The highest BCUT2D eigenvalue weighted by Crippen LogP contribution is 2.27. The summed E-state index contributed by atoms with van der Waals surface area (Å²) in [6.45, 7) is 4.97. The number of methoxy groups -OCH3 is 1. The summed E-state index contributed by atoms with van der Waals surface area (Å²) in [5.74, 6) is 1.33. The number of rotatable bonds is 7. The third kappa shape index (κ3) is 4.00. The zero-order valence-corrected chi connectivity index (χ0v) is 18.6. The van der Waals surface area contributed by atoms with Crippen molar-refractivity contribution in [3.8, 4) is 5.75 Å². The number of ether oxygens (including phenoxy) is 1. The molecule has 0 aliphatic rings. The van der Waals surface area contributed by atoms with Crippen LogP contribution in [0.2, 0.25) is 0 Å². The maximum atomic E-state index is 5.43. The van der Waals surface area contributed by atoms with E-state index in [0.29, 0.717) is 12.4 Å². The molecule has 0 aliphatic carbocycles. The fraction of sp³-hybridized carbons (Fsp3) is 0.208. The first-order valence-corrected chi connectivity index (χ1v) is 10.5. The van der Waals surface area contributed by atoms with Crippen LogP contribution in [0.4, 0.5) is 0 Å². The van der Waals surface area contributed by atoms with Gasteiger partial charge in [-0.25, -0.2) is 14.5 Å². The molecule has 5 aromatic rings. The summed E-state index contributed by atoms with van der Waals surface area (Å²) in [4.78, 5) is 19.2. The van der Waals surface area contributed by atoms with E-state index in [1.807, 2.05) is 42.5 Å². The Hall–Kier alpha value is -4.27. The molecule has 0 fully saturated rings. The predicted octanol–water partition coefficient (Wildman–Crippen LogP) is 3.70. The third-order valence-corrected chi connectivity index (χ3v) is 5.62. The molecule has 5 rings (SSSR count). The maximum Gasteiger partial charge on any atom is 0.192 e. The van der Waals surface area contributed by atoms with E-state index < -0.39 is 0 Å². The number of nitrogens with zero attached hydrogens (tertiary/aromatic N) is 7. The van der Waals surface area contributed by atoms with Crippen molar-refractivity contribution in [3.63, 3.8) is 0 Å². The SMILES string of the molecule is COc1ccc(/C=N/OCc2nc3c4c(C)c(C)n(Cc5ccccn5)c4ncn3n2)cc1. The highest BCUT2D eigenvalue weighted by atomic mass is 16.6. The molecule has 9 heteroatoms. The second-order valence-corrected chi connectivity index (χ2v) is 7.64. The minimum absolute atomic E-state index is 0.155. The smallest absolute Gasteiger partial charge is 0.192 e. The molecule has 0 spiro atoms. The summed E-state index contributed by atoms with van der Waals surface area (Å²) >= 11 is 0. The highest BCUT2D eigenvalue weighted by molar-refractivity contribution is 5.93. The van der Waals surface area contributed by atoms with Crippen LogP contribution in [0.3, 0.4) is 0 Å². The second-order valence-electron chi connectivity index (χ2n) is 7.64. The monoisotopic (exact) mass is 441 g/mol. The predicted molar refractivity (Wildman–Crippen MR) is 124 cm³/mol. The number of hydrogen-bond acceptors (Lipinski definition) is 7. The standard InChI is InChI=1S/C24H23N7O2/c1-16-17(2)30(13-19-6-4-5-11-25-19)23-22(16)24-28-21(29-31(24)15-26-23)14-33-27-12-18-7-9-20(32-3)10-8-18/h4-12,15H,13-14H2,1-3H3/b27-12+. The fourth-order valence-electron chi connectivity index (χ4n) is 3.77. The van der Waals surface area contributed by atoms with Gasteiger partial charge in [0.2, 0.25) is 0 Å². The van der Waals surface area contributed by atoms with E-state index in [1.54, 1.807) is 30.4 Å². The molecular weight excluding hydrogens is 418 g/mol. The third-order valence-electron chi connectivity index (χ3n) is 5.62. The van der Waals surface area contributed by atoms with Crippen LogP contribution in [0, 0.1) is 13.8 Å². The van der Waals surface area contributed by atoms with Gasteiger partial charge in [-0.15, -0.1) is 5.10 Å². The van der Waals surface area contributed by atoms with Crippen LogP contribution >= 0.6 is 0 Å². The molecule has 0 saturated carbocycles. The number of aromatic nitrogens is 6. The van der Waals surface area contributed by atoms with Gasteiger partial charge in [0.1, 0.15) is 17.7 Å². The van der Waals surface area contributed by atoms with Crippen molar-refractivity contribution in [2.75, 3.05) is 7.11 Å². The Morgan fingerprint density at radius 2 is 1.88 bits per heavy atom. The summed E-state index contributed by atoms with van der Waals surface area (Å²) in [5, 5.41) is 9.50. The van der Waals surface area contributed by atoms with Crippen molar-refractivity contribution in [3.05, 3.63) is 83.3 Å². The molecule has 4 heterocycles. The van der Waals surface area contributed by atoms with Crippen molar-refractivity contribution < 1.29 is 9.57 Å². The van der Waals surface area contributed by atoms with Gasteiger partial charge in [-0.2, -0.15) is 0 Å². The lowest BCUT2D eigenvalue weighted by Crippen LogP contribution is -2.04. The molecule has 0 saturated heterocycles. The van der Waals surface area contributed by atoms with E-state index in [1.165, 1.54) is 0 Å². The van der Waals surface area contributed by atoms with Gasteiger partial charge in [0.25, 0.3) is 0 Å². The topological polar surface area (TPSA) is 91.7 Å². The normalized spacial score (nSPS) is 11.6. The highest BCUT2D eigenvalue weighted by Gasteiger charge is 2.18. The van der Waals surface area contributed by atoms with Gasteiger partial charge < -0.3 is 14.1 Å². The van der Waals surface area contributed by atoms with Crippen molar-refractivity contribution in [2.24, 2.45) is 5.16 Å². The van der Waals surface area contributed by atoms with Crippen LogP contribution in [0.1, 0.15) is 28.3 Å². The lowest BCUT2D eigenvalue weighted by Gasteiger charge is -2.07. The van der Waals surface area contributed by atoms with E-state index in [2.05, 4.69) is 38.6 Å². The van der Waals surface area contributed by atoms with E-state index in [4.69, 9.17) is 14.6 Å². The molecule has 4 aromatic heterocycles. The van der Waals surface area contributed by atoms with Crippen molar-refractivity contribution in [1.29, 1.82) is 0 Å². The van der Waals surface area contributed by atoms with Gasteiger partial charge in [-0.3, -0.25) is 4.98 Å². The minimum Gasteiger partial charge on any atom is -0.497 e. The van der Waals surface area contributed by atoms with Crippen LogP contribution in [-0.2, 0) is 18.0 Å². The molecule has 33 heavy (non-hydrogen) atoms. The van der Waals surface area contributed by atoms with Crippen LogP contribution in [0.25, 0.3) is 16.7 Å². The lowest BCUT2D eigenvalue weighted by molar-refractivity contribution is 0.126. The first-order valence-electron chi connectivity index (χ1n) is 10.5. The van der Waals surface area contributed by atoms with Crippen molar-refractivity contribution in [2.45, 2.75) is 27.0 Å². The van der Waals surface area contributed by atoms with Gasteiger partial charge in [-0.1, -0.05) is 11.2 Å². The average Bonchev–Trinajstić information content (AvgIpc) is 3.37. The number of pyridine rings is 1. The molecule has 0 radical (unpaired) electrons. The van der Waals surface area contributed by atoms with E-state index in [-0.39, 0.29) is 6.61 Å². The van der Waals surface area contributed by atoms with Gasteiger partial charge in [0, 0.05) is 11.9 Å². The molecule has 0 atom stereocenters. The quantitative estimate of drug-likeness (QED) is 0.283. The maximum absolute atomic E-state index is 5.43. The lowest BCUT2D eigenvalue weighted by atomic mass is 10.2. The summed E-state index contributed by atoms with van der Waals surface area (Å²) < 4.78 is 9.00. The van der Waals surface area contributed by atoms with Crippen LogP contribution in [-0.4, -0.2) is 42.5 Å². The number of fused-ring (bicyclic) bond motifs is 3. The fourth-order valence-corrected chi connectivity index (χ4v) is 3.77. The largest absolute Gasteiger partial charge is 0.497 e. The zero-order valence-electron chi connectivity index (χ0n) is 18.6. The van der Waals surface area contributed by atoms with Gasteiger partial charge in [-0.05, 0) is 61.4 Å². The Balaban J connectivity index is 1.39. The van der Waals surface area contributed by atoms with Gasteiger partial charge >= 0.3 is 0 Å². The number of hydrogen-bond donors (Lipinski definition) is 0. The zero-order chi connectivity index (χ0) is 22.8. The first-order chi connectivity index (χ1) is 16.1. The Morgan fingerprint density at radius 1 is 1.03 bits per heavy atom. The number of benzene rings is 1. The molecule has 0 N–H and O–H groups in total. The summed E-state index contributed by atoms with van der Waals surface area (Å²) in [6, 6.07) is 13.5. The van der Waals surface area contributed by atoms with Crippen LogP contribution in [0.5, 0.6) is 5.75 Å². The minimum atomic E-state index is 0.155. The molecule has 0 unspecified atom stereocenters. The van der Waals surface area contributed by atoms with Crippen LogP contribution in [0.15, 0.2) is 60.1 Å². The molecular formula is C24H23N7O2. The Kier molecular flexibility index (Phi) is 5.43. The van der Waals surface area contributed by atoms with E-state index in [0.717, 1.165) is 44.9 Å². The Morgan fingerprint density at radius 3 is 2.64 bits per heavy atom. The van der Waals surface area contributed by atoms with Crippen molar-refractivity contribution in [1.82, 2.24) is 29.1 Å². The van der Waals surface area contributed by atoms with Crippen molar-refractivity contribution >= 4 is 22.9 Å². The summed E-state index contributed by atoms with van der Waals surface area (Å²) in [7, 11) is 1.63. The molecule has 1 aromatic carbocycles. The Bertz CT molecular complexity index is 1440. The second kappa shape index (κ2) is 8.70. The molecule has 0 bridgehead atoms. The average molecular weight is 441 g/mol. The molecule has 0 aliphatic heterocycles. The summed E-state index contributed by atoms with van der Waals surface area (Å²) in [5.41, 5.74) is 5.74. The van der Waals surface area contributed by atoms with Gasteiger partial charge in [0.05, 0.1) is 30.9 Å². The molecule has 9 nitrogen and oxygen atoms in total. The van der Waals surface area contributed by atoms with E-state index >= 15 is 0 Å².